The topological polar surface area (TPSA) is 64.1 Å². The van der Waals surface area contributed by atoms with E-state index in [1.807, 2.05) is 22.9 Å². The van der Waals surface area contributed by atoms with Gasteiger partial charge in [-0.2, -0.15) is 0 Å². The van der Waals surface area contributed by atoms with Gasteiger partial charge in [-0.1, -0.05) is 19.1 Å². The Morgan fingerprint density at radius 2 is 2.06 bits per heavy atom. The zero-order valence-corrected chi connectivity index (χ0v) is 9.87. The first-order valence-corrected chi connectivity index (χ1v) is 5.77. The van der Waals surface area contributed by atoms with E-state index in [1.54, 1.807) is 18.3 Å². The number of nitrogen functional groups attached to an aromatic ring is 1. The minimum atomic E-state index is -0.697. The molecule has 2 aromatic rings. The van der Waals surface area contributed by atoms with Crippen molar-refractivity contribution in [1.29, 1.82) is 0 Å². The van der Waals surface area contributed by atoms with E-state index in [9.17, 15) is 5.11 Å². The average molecular weight is 231 g/mol. The Morgan fingerprint density at radius 3 is 2.71 bits per heavy atom. The fourth-order valence-electron chi connectivity index (χ4n) is 1.83. The summed E-state index contributed by atoms with van der Waals surface area (Å²) in [5.74, 6) is 0.677. The van der Waals surface area contributed by atoms with Gasteiger partial charge in [-0.25, -0.2) is 4.98 Å². The molecule has 0 bridgehead atoms. The number of rotatable bonds is 4. The van der Waals surface area contributed by atoms with Crippen LogP contribution in [0, 0.1) is 0 Å². The Labute approximate surface area is 101 Å². The van der Waals surface area contributed by atoms with Crippen molar-refractivity contribution in [3.05, 3.63) is 48.0 Å². The fraction of sp³-hybridized carbons (Fsp3) is 0.308. The molecule has 2 rings (SSSR count). The smallest absolute Gasteiger partial charge is 0.142 e. The first kappa shape index (κ1) is 11.7. The molecule has 3 N–H and O–H groups in total. The van der Waals surface area contributed by atoms with Crippen molar-refractivity contribution in [2.75, 3.05) is 5.73 Å². The zero-order chi connectivity index (χ0) is 12.3. The molecule has 0 saturated carbocycles. The summed E-state index contributed by atoms with van der Waals surface area (Å²) < 4.78 is 1.97. The number of nitrogens with zero attached hydrogens (tertiary/aromatic N) is 2. The largest absolute Gasteiger partial charge is 0.399 e. The van der Waals surface area contributed by atoms with E-state index >= 15 is 0 Å². The van der Waals surface area contributed by atoms with E-state index < -0.39 is 6.10 Å². The summed E-state index contributed by atoms with van der Waals surface area (Å²) in [7, 11) is 0. The number of anilines is 1. The third kappa shape index (κ3) is 2.47. The molecule has 1 heterocycles. The van der Waals surface area contributed by atoms with Gasteiger partial charge >= 0.3 is 0 Å². The van der Waals surface area contributed by atoms with Crippen LogP contribution in [0.15, 0.2) is 36.7 Å². The third-order valence-electron chi connectivity index (χ3n) is 2.71. The third-order valence-corrected chi connectivity index (χ3v) is 2.71. The number of aliphatic hydroxyl groups is 1. The van der Waals surface area contributed by atoms with Crippen LogP contribution in [0.25, 0.3) is 0 Å². The Kier molecular flexibility index (Phi) is 3.44. The predicted molar refractivity (Wildman–Crippen MR) is 67.4 cm³/mol. The highest BCUT2D eigenvalue weighted by molar-refractivity contribution is 5.40. The van der Waals surface area contributed by atoms with Gasteiger partial charge in [0.05, 0.1) is 0 Å². The first-order valence-electron chi connectivity index (χ1n) is 5.77. The normalized spacial score (nSPS) is 12.6. The molecule has 0 aliphatic rings. The quantitative estimate of drug-likeness (QED) is 0.790. The van der Waals surface area contributed by atoms with E-state index in [0.29, 0.717) is 11.5 Å². The number of hydrogen-bond acceptors (Lipinski definition) is 3. The molecule has 1 unspecified atom stereocenters. The van der Waals surface area contributed by atoms with Gasteiger partial charge in [0.15, 0.2) is 0 Å². The van der Waals surface area contributed by atoms with Gasteiger partial charge in [0, 0.05) is 24.6 Å². The average Bonchev–Trinajstić information content (AvgIpc) is 2.78. The lowest BCUT2D eigenvalue weighted by Gasteiger charge is -2.13. The number of hydrogen-bond donors (Lipinski definition) is 2. The van der Waals surface area contributed by atoms with Gasteiger partial charge in [-0.3, -0.25) is 0 Å². The second-order valence-electron chi connectivity index (χ2n) is 4.05. The molecule has 1 atom stereocenters. The second kappa shape index (κ2) is 5.01. The van der Waals surface area contributed by atoms with E-state index in [-0.39, 0.29) is 0 Å². The Bertz CT molecular complexity index is 476. The molecule has 1 aromatic carbocycles. The lowest BCUT2D eigenvalue weighted by atomic mass is 10.1. The van der Waals surface area contributed by atoms with Crippen LogP contribution in [0.4, 0.5) is 5.69 Å². The molecule has 0 saturated heterocycles. The van der Waals surface area contributed by atoms with Crippen molar-refractivity contribution in [2.45, 2.75) is 26.0 Å². The van der Waals surface area contributed by atoms with Crippen molar-refractivity contribution in [1.82, 2.24) is 9.55 Å². The van der Waals surface area contributed by atoms with Crippen LogP contribution in [-0.2, 0) is 6.54 Å². The van der Waals surface area contributed by atoms with Crippen molar-refractivity contribution < 1.29 is 5.11 Å². The zero-order valence-electron chi connectivity index (χ0n) is 9.87. The van der Waals surface area contributed by atoms with Crippen molar-refractivity contribution >= 4 is 5.69 Å². The second-order valence-corrected chi connectivity index (χ2v) is 4.05. The van der Waals surface area contributed by atoms with Crippen molar-refractivity contribution in [3.8, 4) is 0 Å². The molecule has 4 heteroatoms. The predicted octanol–water partition coefficient (Wildman–Crippen LogP) is 1.96. The van der Waals surface area contributed by atoms with Gasteiger partial charge in [0.25, 0.3) is 0 Å². The van der Waals surface area contributed by atoms with Gasteiger partial charge in [-0.05, 0) is 24.1 Å². The van der Waals surface area contributed by atoms with Crippen LogP contribution in [0.1, 0.15) is 30.8 Å². The number of imidazole rings is 1. The summed E-state index contributed by atoms with van der Waals surface area (Å²) in [6.07, 6.45) is 3.92. The van der Waals surface area contributed by atoms with Gasteiger partial charge in [-0.15, -0.1) is 0 Å². The maximum Gasteiger partial charge on any atom is 0.142 e. The first-order chi connectivity index (χ1) is 8.22. The number of aryl methyl sites for hydroxylation is 1. The highest BCUT2D eigenvalue weighted by atomic mass is 16.3. The monoisotopic (exact) mass is 231 g/mol. The number of benzene rings is 1. The Balaban J connectivity index is 2.26. The van der Waals surface area contributed by atoms with Gasteiger partial charge in [0.1, 0.15) is 11.9 Å². The molecule has 90 valence electrons. The van der Waals surface area contributed by atoms with E-state index in [0.717, 1.165) is 18.5 Å². The van der Waals surface area contributed by atoms with Crippen LogP contribution in [0.3, 0.4) is 0 Å². The lowest BCUT2D eigenvalue weighted by Crippen LogP contribution is -2.09. The highest BCUT2D eigenvalue weighted by Gasteiger charge is 2.15. The van der Waals surface area contributed by atoms with Gasteiger partial charge in [0.2, 0.25) is 0 Å². The van der Waals surface area contributed by atoms with Crippen LogP contribution >= 0.6 is 0 Å². The minimum Gasteiger partial charge on any atom is -0.399 e. The highest BCUT2D eigenvalue weighted by Crippen LogP contribution is 2.21. The Morgan fingerprint density at radius 1 is 1.35 bits per heavy atom. The van der Waals surface area contributed by atoms with Crippen LogP contribution in [0.2, 0.25) is 0 Å². The van der Waals surface area contributed by atoms with E-state index in [1.165, 1.54) is 0 Å². The lowest BCUT2D eigenvalue weighted by molar-refractivity contribution is 0.204. The summed E-state index contributed by atoms with van der Waals surface area (Å²) in [6, 6.07) is 7.22. The summed E-state index contributed by atoms with van der Waals surface area (Å²) in [4.78, 5) is 4.22. The maximum absolute atomic E-state index is 10.3. The van der Waals surface area contributed by atoms with E-state index in [2.05, 4.69) is 11.9 Å². The number of aliphatic hydroxyl groups excluding tert-OH is 1. The number of nitrogens with two attached hydrogens (primary N) is 1. The number of aromatic nitrogens is 2. The summed E-state index contributed by atoms with van der Waals surface area (Å²) in [5.41, 5.74) is 7.12. The maximum atomic E-state index is 10.3. The van der Waals surface area contributed by atoms with Crippen LogP contribution in [-0.4, -0.2) is 14.7 Å². The standard InChI is InChI=1S/C13H17N3O/c1-2-8-16-9-7-15-13(16)12(17)10-3-5-11(14)6-4-10/h3-7,9,12,17H,2,8,14H2,1H3. The summed E-state index contributed by atoms with van der Waals surface area (Å²) >= 11 is 0. The fourth-order valence-corrected chi connectivity index (χ4v) is 1.83. The molecule has 0 aliphatic carbocycles. The van der Waals surface area contributed by atoms with Crippen molar-refractivity contribution in [2.24, 2.45) is 0 Å². The molecule has 0 aliphatic heterocycles. The summed E-state index contributed by atoms with van der Waals surface area (Å²) in [5, 5.41) is 10.3. The molecule has 0 amide bonds. The van der Waals surface area contributed by atoms with Crippen LogP contribution < -0.4 is 5.73 Å². The summed E-state index contributed by atoms with van der Waals surface area (Å²) in [6.45, 7) is 2.96. The van der Waals surface area contributed by atoms with E-state index in [4.69, 9.17) is 5.73 Å². The molecule has 0 fully saturated rings. The minimum absolute atomic E-state index is 0.677. The Hall–Kier alpha value is -1.81. The van der Waals surface area contributed by atoms with Gasteiger partial charge < -0.3 is 15.4 Å². The molecule has 4 nitrogen and oxygen atoms in total. The molecule has 17 heavy (non-hydrogen) atoms. The molecule has 0 radical (unpaired) electrons. The van der Waals surface area contributed by atoms with Crippen molar-refractivity contribution in [3.63, 3.8) is 0 Å². The molecule has 1 aromatic heterocycles. The molecular formula is C13H17N3O. The SMILES string of the molecule is CCCn1ccnc1C(O)c1ccc(N)cc1. The molecule has 0 spiro atoms. The molecular weight excluding hydrogens is 214 g/mol. The van der Waals surface area contributed by atoms with Crippen LogP contribution in [0.5, 0.6) is 0 Å².